The van der Waals surface area contributed by atoms with E-state index < -0.39 is 0 Å². The molecule has 0 saturated heterocycles. The molecule has 1 unspecified atom stereocenters. The first-order chi connectivity index (χ1) is 16.1. The van der Waals surface area contributed by atoms with Crippen LogP contribution in [0.5, 0.6) is 0 Å². The summed E-state index contributed by atoms with van der Waals surface area (Å²) in [4.78, 5) is 25.9. The molecule has 0 N–H and O–H groups in total. The van der Waals surface area contributed by atoms with Crippen LogP contribution in [-0.4, -0.2) is 34.9 Å². The van der Waals surface area contributed by atoms with E-state index in [-0.39, 0.29) is 17.8 Å². The molecule has 33 heavy (non-hydrogen) atoms. The Morgan fingerprint density at radius 3 is 2.79 bits per heavy atom. The molecule has 0 spiro atoms. The predicted molar refractivity (Wildman–Crippen MR) is 125 cm³/mol. The second-order valence-corrected chi connectivity index (χ2v) is 9.49. The van der Waals surface area contributed by atoms with Crippen molar-refractivity contribution in [1.29, 1.82) is 0 Å². The maximum absolute atomic E-state index is 13.8. The minimum Gasteiger partial charge on any atom is -0.466 e. The molecule has 2 aliphatic carbocycles. The van der Waals surface area contributed by atoms with Gasteiger partial charge in [0.05, 0.1) is 47.7 Å². The molecule has 1 fully saturated rings. The number of esters is 1. The van der Waals surface area contributed by atoms with Crippen molar-refractivity contribution in [2.45, 2.75) is 64.4 Å². The molecule has 0 radical (unpaired) electrons. The lowest BCUT2D eigenvalue weighted by Crippen LogP contribution is -2.23. The van der Waals surface area contributed by atoms with E-state index in [1.54, 1.807) is 6.07 Å². The molecule has 1 aliphatic heterocycles. The summed E-state index contributed by atoms with van der Waals surface area (Å²) in [6.07, 6.45) is 8.26. The Balaban J connectivity index is 1.50. The number of halogens is 1. The van der Waals surface area contributed by atoms with Crippen molar-refractivity contribution in [2.75, 3.05) is 13.2 Å². The third-order valence-corrected chi connectivity index (χ3v) is 7.47. The van der Waals surface area contributed by atoms with Crippen molar-refractivity contribution in [3.05, 3.63) is 57.4 Å². The number of carbonyl (C=O) groups is 2. The third kappa shape index (κ3) is 4.15. The topological polar surface area (TPSA) is 70.4 Å². The van der Waals surface area contributed by atoms with Gasteiger partial charge in [-0.2, -0.15) is 9.78 Å². The van der Waals surface area contributed by atoms with E-state index in [4.69, 9.17) is 26.2 Å². The largest absolute Gasteiger partial charge is 0.466 e. The number of aromatic nitrogens is 2. The van der Waals surface area contributed by atoms with E-state index >= 15 is 0 Å². The second kappa shape index (κ2) is 9.43. The monoisotopic (exact) mass is 468 g/mol. The molecule has 1 atom stereocenters. The van der Waals surface area contributed by atoms with Crippen LogP contribution in [0.4, 0.5) is 0 Å². The molecule has 0 amide bonds. The van der Waals surface area contributed by atoms with E-state index in [1.807, 2.05) is 19.1 Å². The van der Waals surface area contributed by atoms with Crippen LogP contribution in [0.2, 0.25) is 5.02 Å². The van der Waals surface area contributed by atoms with Crippen molar-refractivity contribution < 1.29 is 19.1 Å². The SMILES string of the molecule is CCOC(=O)C1CC=C(c2nn(C(=O)c3c(Cl)cccc3C3CCC3)c3c2CCOC3)CC1. The average Bonchev–Trinajstić information content (AvgIpc) is 3.18. The molecule has 3 aliphatic rings. The van der Waals surface area contributed by atoms with E-state index in [2.05, 4.69) is 6.08 Å². The average molecular weight is 469 g/mol. The number of nitrogens with zero attached hydrogens (tertiary/aromatic N) is 2. The Labute approximate surface area is 198 Å². The van der Waals surface area contributed by atoms with Gasteiger partial charge in [-0.25, -0.2) is 0 Å². The fourth-order valence-electron chi connectivity index (χ4n) is 5.12. The molecule has 1 aromatic carbocycles. The summed E-state index contributed by atoms with van der Waals surface area (Å²) < 4.78 is 12.4. The van der Waals surface area contributed by atoms with Crippen molar-refractivity contribution in [3.63, 3.8) is 0 Å². The van der Waals surface area contributed by atoms with Gasteiger partial charge in [-0.3, -0.25) is 9.59 Å². The molecule has 1 saturated carbocycles. The van der Waals surface area contributed by atoms with Crippen LogP contribution in [0.15, 0.2) is 24.3 Å². The van der Waals surface area contributed by atoms with Gasteiger partial charge in [0.15, 0.2) is 0 Å². The summed E-state index contributed by atoms with van der Waals surface area (Å²) >= 11 is 6.56. The van der Waals surface area contributed by atoms with Crippen LogP contribution >= 0.6 is 11.6 Å². The van der Waals surface area contributed by atoms with Crippen LogP contribution in [0.1, 0.15) is 84.2 Å². The number of ether oxygens (including phenoxy) is 2. The van der Waals surface area contributed by atoms with Gasteiger partial charge >= 0.3 is 5.97 Å². The molecule has 2 heterocycles. The summed E-state index contributed by atoms with van der Waals surface area (Å²) in [6.45, 7) is 3.19. The fourth-order valence-corrected chi connectivity index (χ4v) is 5.38. The first-order valence-corrected chi connectivity index (χ1v) is 12.3. The molecule has 1 aromatic heterocycles. The number of allylic oxidation sites excluding steroid dienone is 2. The van der Waals surface area contributed by atoms with Gasteiger partial charge in [0.2, 0.25) is 0 Å². The third-order valence-electron chi connectivity index (χ3n) is 7.16. The first-order valence-electron chi connectivity index (χ1n) is 12.0. The molecular formula is C26H29ClN2O4. The second-order valence-electron chi connectivity index (χ2n) is 9.08. The number of rotatable bonds is 5. The Bertz CT molecular complexity index is 1120. The van der Waals surface area contributed by atoms with Crippen molar-refractivity contribution in [1.82, 2.24) is 9.78 Å². The van der Waals surface area contributed by atoms with Crippen molar-refractivity contribution >= 4 is 29.1 Å². The number of fused-ring (bicyclic) bond motifs is 1. The Kier molecular flexibility index (Phi) is 6.39. The van der Waals surface area contributed by atoms with E-state index in [0.29, 0.717) is 49.2 Å². The number of hydrogen-bond acceptors (Lipinski definition) is 5. The molecule has 2 aromatic rings. The zero-order valence-corrected chi connectivity index (χ0v) is 19.7. The van der Waals surface area contributed by atoms with Gasteiger partial charge < -0.3 is 9.47 Å². The highest BCUT2D eigenvalue weighted by atomic mass is 35.5. The maximum Gasteiger partial charge on any atom is 0.309 e. The highest BCUT2D eigenvalue weighted by Crippen LogP contribution is 2.41. The van der Waals surface area contributed by atoms with E-state index in [0.717, 1.165) is 53.8 Å². The van der Waals surface area contributed by atoms with E-state index in [1.165, 1.54) is 11.1 Å². The number of carbonyl (C=O) groups excluding carboxylic acids is 2. The normalized spacial score (nSPS) is 20.5. The van der Waals surface area contributed by atoms with Crippen LogP contribution < -0.4 is 0 Å². The van der Waals surface area contributed by atoms with Gasteiger partial charge in [0.1, 0.15) is 0 Å². The lowest BCUT2D eigenvalue weighted by Gasteiger charge is -2.28. The summed E-state index contributed by atoms with van der Waals surface area (Å²) in [5, 5.41) is 5.30. The van der Waals surface area contributed by atoms with Gasteiger partial charge in [-0.1, -0.05) is 36.2 Å². The quantitative estimate of drug-likeness (QED) is 0.556. The zero-order chi connectivity index (χ0) is 22.9. The van der Waals surface area contributed by atoms with Crippen LogP contribution in [0.25, 0.3) is 5.57 Å². The molecule has 5 rings (SSSR count). The molecule has 7 heteroatoms. The highest BCUT2D eigenvalue weighted by Gasteiger charge is 2.32. The highest BCUT2D eigenvalue weighted by molar-refractivity contribution is 6.34. The lowest BCUT2D eigenvalue weighted by atomic mass is 9.78. The Morgan fingerprint density at radius 1 is 1.24 bits per heavy atom. The van der Waals surface area contributed by atoms with Gasteiger partial charge in [-0.05, 0) is 68.6 Å². The predicted octanol–water partition coefficient (Wildman–Crippen LogP) is 5.31. The van der Waals surface area contributed by atoms with Crippen LogP contribution in [0.3, 0.4) is 0 Å². The number of hydrogen-bond donors (Lipinski definition) is 0. The molecular weight excluding hydrogens is 440 g/mol. The van der Waals surface area contributed by atoms with Crippen LogP contribution in [0, 0.1) is 5.92 Å². The van der Waals surface area contributed by atoms with Crippen molar-refractivity contribution in [3.8, 4) is 0 Å². The van der Waals surface area contributed by atoms with Crippen molar-refractivity contribution in [2.24, 2.45) is 5.92 Å². The minimum absolute atomic E-state index is 0.107. The summed E-state index contributed by atoms with van der Waals surface area (Å²) in [5.74, 6) is -0.0437. The smallest absolute Gasteiger partial charge is 0.309 e. The van der Waals surface area contributed by atoms with E-state index in [9.17, 15) is 9.59 Å². The Morgan fingerprint density at radius 2 is 2.09 bits per heavy atom. The fraction of sp³-hybridized carbons (Fsp3) is 0.500. The minimum atomic E-state index is -0.184. The summed E-state index contributed by atoms with van der Waals surface area (Å²) in [5.41, 5.74) is 5.43. The summed E-state index contributed by atoms with van der Waals surface area (Å²) in [7, 11) is 0. The number of benzene rings is 1. The Hall–Kier alpha value is -2.44. The first kappa shape index (κ1) is 22.4. The summed E-state index contributed by atoms with van der Waals surface area (Å²) in [6, 6.07) is 5.73. The lowest BCUT2D eigenvalue weighted by molar-refractivity contribution is -0.148. The van der Waals surface area contributed by atoms with Gasteiger partial charge in [0, 0.05) is 5.56 Å². The molecule has 6 nitrogen and oxygen atoms in total. The molecule has 174 valence electrons. The van der Waals surface area contributed by atoms with Gasteiger partial charge in [-0.15, -0.1) is 0 Å². The van der Waals surface area contributed by atoms with Gasteiger partial charge in [0.25, 0.3) is 5.91 Å². The molecule has 0 bridgehead atoms. The standard InChI is InChI=1S/C26H29ClN2O4/c1-2-33-26(31)18-11-9-17(10-12-18)24-20-13-14-32-15-22(20)29(28-24)25(30)23-19(16-5-3-6-16)7-4-8-21(23)27/h4,7-9,16,18H,2-3,5-6,10-15H2,1H3. The zero-order valence-electron chi connectivity index (χ0n) is 18.9. The van der Waals surface area contributed by atoms with Crippen LogP contribution in [-0.2, 0) is 27.3 Å². The maximum atomic E-state index is 13.8.